The number of hydrogen-bond acceptors (Lipinski definition) is 3. The zero-order valence-corrected chi connectivity index (χ0v) is 12.0. The van der Waals surface area contributed by atoms with Crippen LogP contribution < -0.4 is 9.62 Å². The smallest absolute Gasteiger partial charge is 0.212 e. The van der Waals surface area contributed by atoms with Gasteiger partial charge in [-0.15, -0.1) is 4.68 Å². The molecule has 0 unspecified atom stereocenters. The first-order chi connectivity index (χ1) is 11.1. The molecule has 4 rings (SSSR count). The largest absolute Gasteiger partial charge is 0.837 e. The Morgan fingerprint density at radius 1 is 1.09 bits per heavy atom. The van der Waals surface area contributed by atoms with E-state index in [4.69, 9.17) is 0 Å². The molecule has 2 heterocycles. The Bertz CT molecular complexity index is 1070. The van der Waals surface area contributed by atoms with Gasteiger partial charge in [0.15, 0.2) is 22.8 Å². The van der Waals surface area contributed by atoms with Crippen molar-refractivity contribution in [3.8, 4) is 11.6 Å². The Morgan fingerprint density at radius 2 is 1.87 bits per heavy atom. The second-order valence-corrected chi connectivity index (χ2v) is 5.15. The summed E-state index contributed by atoms with van der Waals surface area (Å²) in [5, 5.41) is 16.8. The van der Waals surface area contributed by atoms with Crippen LogP contribution in [0.4, 0.5) is 8.78 Å². The fourth-order valence-electron chi connectivity index (χ4n) is 2.60. The molecule has 0 saturated carbocycles. The van der Waals surface area contributed by atoms with Crippen LogP contribution in [-0.4, -0.2) is 14.9 Å². The highest BCUT2D eigenvalue weighted by Gasteiger charge is 2.21. The molecule has 2 aromatic heterocycles. The molecule has 4 aromatic rings. The van der Waals surface area contributed by atoms with Crippen LogP contribution in [0.1, 0.15) is 5.69 Å². The Kier molecular flexibility index (Phi) is 2.77. The summed E-state index contributed by atoms with van der Waals surface area (Å²) in [6.07, 6.45) is 0. The van der Waals surface area contributed by atoms with Crippen molar-refractivity contribution in [1.29, 1.82) is 0 Å². The zero-order valence-electron chi connectivity index (χ0n) is 12.0. The van der Waals surface area contributed by atoms with Crippen molar-refractivity contribution in [2.45, 2.75) is 6.92 Å². The SMILES string of the molecule is Cc1nc2ccccc2[n+]2nn(-c3ccc(F)c(F)c3)c([O-])c12. The summed E-state index contributed by atoms with van der Waals surface area (Å²) in [4.78, 5) is 4.40. The first kappa shape index (κ1) is 13.6. The third-order valence-corrected chi connectivity index (χ3v) is 3.67. The van der Waals surface area contributed by atoms with Gasteiger partial charge in [0.25, 0.3) is 0 Å². The van der Waals surface area contributed by atoms with Gasteiger partial charge in [0.1, 0.15) is 16.6 Å². The van der Waals surface area contributed by atoms with Gasteiger partial charge in [0, 0.05) is 6.07 Å². The van der Waals surface area contributed by atoms with E-state index in [-0.39, 0.29) is 5.69 Å². The number of nitrogens with zero attached hydrogens (tertiary/aromatic N) is 4. The Labute approximate surface area is 129 Å². The predicted molar refractivity (Wildman–Crippen MR) is 76.1 cm³/mol. The first-order valence-electron chi connectivity index (χ1n) is 6.89. The predicted octanol–water partition coefficient (Wildman–Crippen LogP) is 1.82. The van der Waals surface area contributed by atoms with Crippen molar-refractivity contribution in [2.24, 2.45) is 0 Å². The molecule has 0 N–H and O–H groups in total. The number of benzene rings is 2. The molecular weight excluding hydrogens is 302 g/mol. The number of aryl methyl sites for hydroxylation is 1. The zero-order chi connectivity index (χ0) is 16.1. The molecule has 0 amide bonds. The minimum Gasteiger partial charge on any atom is -0.837 e. The summed E-state index contributed by atoms with van der Waals surface area (Å²) < 4.78 is 29.1. The summed E-state index contributed by atoms with van der Waals surface area (Å²) >= 11 is 0. The molecule has 0 aliphatic carbocycles. The Hall–Kier alpha value is -3.09. The van der Waals surface area contributed by atoms with Crippen LogP contribution in [0.5, 0.6) is 5.88 Å². The maximum Gasteiger partial charge on any atom is 0.212 e. The molecule has 0 atom stereocenters. The third-order valence-electron chi connectivity index (χ3n) is 3.67. The molecule has 5 nitrogen and oxygen atoms in total. The summed E-state index contributed by atoms with van der Waals surface area (Å²) in [7, 11) is 0. The molecule has 0 fully saturated rings. The van der Waals surface area contributed by atoms with E-state index in [2.05, 4.69) is 10.2 Å². The maximum absolute atomic E-state index is 13.4. The number of fused-ring (bicyclic) bond motifs is 3. The van der Waals surface area contributed by atoms with Gasteiger partial charge in [-0.25, -0.2) is 13.8 Å². The van der Waals surface area contributed by atoms with Crippen LogP contribution in [0.25, 0.3) is 22.2 Å². The molecule has 0 aliphatic heterocycles. The minimum atomic E-state index is -1.04. The van der Waals surface area contributed by atoms with Gasteiger partial charge in [-0.05, 0) is 31.2 Å². The molecule has 0 spiro atoms. The standard InChI is InChI=1S/C16H10F2N4O/c1-9-15-16(23)21(10-6-7-11(17)12(18)8-10)20-22(15)14-5-3-2-4-13(14)19-9/h2-8H,1H3. The molecular formula is C16H10F2N4O. The van der Waals surface area contributed by atoms with Crippen LogP contribution in [-0.2, 0) is 0 Å². The normalized spacial score (nSPS) is 11.4. The van der Waals surface area contributed by atoms with E-state index in [1.54, 1.807) is 13.0 Å². The lowest BCUT2D eigenvalue weighted by Gasteiger charge is -2.02. The van der Waals surface area contributed by atoms with E-state index in [1.807, 2.05) is 18.2 Å². The lowest BCUT2D eigenvalue weighted by molar-refractivity contribution is -0.556. The summed E-state index contributed by atoms with van der Waals surface area (Å²) in [5.74, 6) is -2.45. The molecule has 7 heteroatoms. The second kappa shape index (κ2) is 4.70. The third kappa shape index (κ3) is 1.93. The number of para-hydroxylation sites is 2. The van der Waals surface area contributed by atoms with E-state index in [0.29, 0.717) is 22.2 Å². The lowest BCUT2D eigenvalue weighted by atomic mass is 10.2. The Balaban J connectivity index is 2.09. The van der Waals surface area contributed by atoms with Crippen LogP contribution in [0, 0.1) is 18.6 Å². The minimum absolute atomic E-state index is 0.154. The number of aromatic nitrogens is 4. The molecule has 2 aromatic carbocycles. The summed E-state index contributed by atoms with van der Waals surface area (Å²) in [5.41, 5.74) is 2.32. The highest BCUT2D eigenvalue weighted by atomic mass is 19.2. The van der Waals surface area contributed by atoms with Crippen LogP contribution in [0.2, 0.25) is 0 Å². The van der Waals surface area contributed by atoms with Crippen molar-refractivity contribution in [1.82, 2.24) is 14.9 Å². The van der Waals surface area contributed by atoms with E-state index in [9.17, 15) is 13.9 Å². The Morgan fingerprint density at radius 3 is 2.65 bits per heavy atom. The van der Waals surface area contributed by atoms with Gasteiger partial charge in [0.05, 0.1) is 5.69 Å². The first-order valence-corrected chi connectivity index (χ1v) is 6.89. The molecule has 0 saturated heterocycles. The van der Waals surface area contributed by atoms with Gasteiger partial charge >= 0.3 is 0 Å². The van der Waals surface area contributed by atoms with Crippen LogP contribution in [0.15, 0.2) is 42.5 Å². The fourth-order valence-corrected chi connectivity index (χ4v) is 2.60. The highest BCUT2D eigenvalue weighted by molar-refractivity contribution is 5.74. The van der Waals surface area contributed by atoms with Crippen LogP contribution in [0.3, 0.4) is 0 Å². The van der Waals surface area contributed by atoms with Crippen molar-refractivity contribution >= 4 is 16.6 Å². The van der Waals surface area contributed by atoms with E-state index in [0.717, 1.165) is 16.8 Å². The molecule has 114 valence electrons. The average Bonchev–Trinajstić information content (AvgIpc) is 2.89. The van der Waals surface area contributed by atoms with Crippen molar-refractivity contribution in [3.63, 3.8) is 0 Å². The monoisotopic (exact) mass is 312 g/mol. The topological polar surface area (TPSA) is 57.9 Å². The quantitative estimate of drug-likeness (QED) is 0.504. The van der Waals surface area contributed by atoms with Crippen molar-refractivity contribution < 1.29 is 18.4 Å². The van der Waals surface area contributed by atoms with Gasteiger partial charge in [-0.3, -0.25) is 0 Å². The van der Waals surface area contributed by atoms with E-state index < -0.39 is 17.5 Å². The molecule has 23 heavy (non-hydrogen) atoms. The average molecular weight is 312 g/mol. The molecule has 0 aliphatic rings. The van der Waals surface area contributed by atoms with Gasteiger partial charge < -0.3 is 5.11 Å². The van der Waals surface area contributed by atoms with Gasteiger partial charge in [0.2, 0.25) is 5.52 Å². The second-order valence-electron chi connectivity index (χ2n) is 5.15. The fraction of sp³-hybridized carbons (Fsp3) is 0.0625. The molecule has 0 radical (unpaired) electrons. The summed E-state index contributed by atoms with van der Waals surface area (Å²) in [6, 6.07) is 10.5. The van der Waals surface area contributed by atoms with E-state index >= 15 is 0 Å². The van der Waals surface area contributed by atoms with Crippen molar-refractivity contribution in [2.75, 3.05) is 0 Å². The lowest BCUT2D eigenvalue weighted by Crippen LogP contribution is -2.27. The van der Waals surface area contributed by atoms with Gasteiger partial charge in [-0.1, -0.05) is 16.6 Å². The number of halogens is 2. The van der Waals surface area contributed by atoms with E-state index in [1.165, 1.54) is 10.6 Å². The molecule has 0 bridgehead atoms. The highest BCUT2D eigenvalue weighted by Crippen LogP contribution is 2.22. The van der Waals surface area contributed by atoms with Crippen LogP contribution >= 0.6 is 0 Å². The number of hydrogen-bond donors (Lipinski definition) is 0. The van der Waals surface area contributed by atoms with Crippen molar-refractivity contribution in [3.05, 3.63) is 59.8 Å². The van der Waals surface area contributed by atoms with Gasteiger partial charge in [-0.2, -0.15) is 0 Å². The number of rotatable bonds is 1. The maximum atomic E-state index is 13.4. The summed E-state index contributed by atoms with van der Waals surface area (Å²) in [6.45, 7) is 1.71.